The summed E-state index contributed by atoms with van der Waals surface area (Å²) in [5.74, 6) is -0.162. The van der Waals surface area contributed by atoms with Crippen LogP contribution in [0.25, 0.3) is 0 Å². The number of carbonyl (C=O) groups is 1. The van der Waals surface area contributed by atoms with E-state index in [4.69, 9.17) is 9.47 Å². The number of hydrogen-bond acceptors (Lipinski definition) is 4. The van der Waals surface area contributed by atoms with Gasteiger partial charge in [0.2, 0.25) is 0 Å². The SMILES string of the molecule is CCCCOC(=O)C[C@H]1CC[C@@H](C[C@H](O)CC)O1. The van der Waals surface area contributed by atoms with E-state index in [0.29, 0.717) is 19.4 Å². The molecule has 106 valence electrons. The third kappa shape index (κ3) is 5.83. The lowest BCUT2D eigenvalue weighted by molar-refractivity contribution is -0.146. The van der Waals surface area contributed by atoms with Crippen molar-refractivity contribution in [1.82, 2.24) is 0 Å². The summed E-state index contributed by atoms with van der Waals surface area (Å²) in [6.07, 6.45) is 5.36. The second kappa shape index (κ2) is 8.48. The van der Waals surface area contributed by atoms with Crippen molar-refractivity contribution >= 4 is 5.97 Å². The number of hydrogen-bond donors (Lipinski definition) is 1. The molecule has 0 bridgehead atoms. The molecule has 0 unspecified atom stereocenters. The fraction of sp³-hybridized carbons (Fsp3) is 0.929. The largest absolute Gasteiger partial charge is 0.466 e. The maximum absolute atomic E-state index is 11.5. The molecule has 3 atom stereocenters. The van der Waals surface area contributed by atoms with E-state index in [1.807, 2.05) is 6.92 Å². The van der Waals surface area contributed by atoms with Gasteiger partial charge in [-0.25, -0.2) is 0 Å². The van der Waals surface area contributed by atoms with Gasteiger partial charge in [0.05, 0.1) is 31.3 Å². The number of ether oxygens (including phenoxy) is 2. The molecule has 1 saturated heterocycles. The van der Waals surface area contributed by atoms with E-state index in [2.05, 4.69) is 6.92 Å². The van der Waals surface area contributed by atoms with Gasteiger partial charge in [-0.05, 0) is 32.1 Å². The summed E-state index contributed by atoms with van der Waals surface area (Å²) < 4.78 is 10.9. The highest BCUT2D eigenvalue weighted by molar-refractivity contribution is 5.69. The highest BCUT2D eigenvalue weighted by atomic mass is 16.5. The zero-order valence-corrected chi connectivity index (χ0v) is 11.6. The Kier molecular flexibility index (Phi) is 7.28. The molecule has 1 fully saturated rings. The Morgan fingerprint density at radius 2 is 2.11 bits per heavy atom. The Bertz CT molecular complexity index is 242. The first-order valence-electron chi connectivity index (χ1n) is 7.14. The van der Waals surface area contributed by atoms with Gasteiger partial charge < -0.3 is 14.6 Å². The molecule has 1 aliphatic heterocycles. The van der Waals surface area contributed by atoms with Gasteiger partial charge in [-0.1, -0.05) is 20.3 Å². The predicted octanol–water partition coefficient (Wildman–Crippen LogP) is 2.43. The molecule has 0 aliphatic carbocycles. The molecular weight excluding hydrogens is 232 g/mol. The van der Waals surface area contributed by atoms with Crippen molar-refractivity contribution in [3.05, 3.63) is 0 Å². The van der Waals surface area contributed by atoms with Crippen LogP contribution < -0.4 is 0 Å². The van der Waals surface area contributed by atoms with Crippen LogP contribution in [0.15, 0.2) is 0 Å². The molecule has 0 aromatic rings. The topological polar surface area (TPSA) is 55.8 Å². The lowest BCUT2D eigenvalue weighted by Gasteiger charge is -2.15. The van der Waals surface area contributed by atoms with Crippen LogP contribution in [0.3, 0.4) is 0 Å². The van der Waals surface area contributed by atoms with Crippen molar-refractivity contribution in [2.24, 2.45) is 0 Å². The zero-order chi connectivity index (χ0) is 13.4. The molecule has 1 aliphatic rings. The van der Waals surface area contributed by atoms with Gasteiger partial charge >= 0.3 is 5.97 Å². The van der Waals surface area contributed by atoms with Crippen molar-refractivity contribution in [2.75, 3.05) is 6.61 Å². The number of rotatable bonds is 8. The summed E-state index contributed by atoms with van der Waals surface area (Å²) in [4.78, 5) is 11.5. The van der Waals surface area contributed by atoms with Gasteiger partial charge in [0.15, 0.2) is 0 Å². The molecule has 0 aromatic heterocycles. The average molecular weight is 258 g/mol. The summed E-state index contributed by atoms with van der Waals surface area (Å²) in [5, 5.41) is 9.56. The van der Waals surface area contributed by atoms with Crippen LogP contribution in [-0.2, 0) is 14.3 Å². The fourth-order valence-corrected chi connectivity index (χ4v) is 2.15. The van der Waals surface area contributed by atoms with E-state index >= 15 is 0 Å². The monoisotopic (exact) mass is 258 g/mol. The van der Waals surface area contributed by atoms with Gasteiger partial charge in [-0.15, -0.1) is 0 Å². The van der Waals surface area contributed by atoms with Gasteiger partial charge in [0.25, 0.3) is 0 Å². The summed E-state index contributed by atoms with van der Waals surface area (Å²) in [7, 11) is 0. The third-order valence-corrected chi connectivity index (χ3v) is 3.36. The molecule has 4 heteroatoms. The predicted molar refractivity (Wildman–Crippen MR) is 69.3 cm³/mol. The van der Waals surface area contributed by atoms with Crippen molar-refractivity contribution in [3.63, 3.8) is 0 Å². The van der Waals surface area contributed by atoms with Gasteiger partial charge in [0, 0.05) is 0 Å². The summed E-state index contributed by atoms with van der Waals surface area (Å²) in [6.45, 7) is 4.54. The van der Waals surface area contributed by atoms with E-state index in [1.54, 1.807) is 0 Å². The molecule has 0 aromatic carbocycles. The van der Waals surface area contributed by atoms with E-state index in [-0.39, 0.29) is 24.3 Å². The lowest BCUT2D eigenvalue weighted by atomic mass is 10.1. The first kappa shape index (κ1) is 15.4. The van der Waals surface area contributed by atoms with Crippen LogP contribution >= 0.6 is 0 Å². The molecule has 0 radical (unpaired) electrons. The number of unbranched alkanes of at least 4 members (excludes halogenated alkanes) is 1. The number of aliphatic hydroxyl groups is 1. The lowest BCUT2D eigenvalue weighted by Crippen LogP contribution is -2.20. The highest BCUT2D eigenvalue weighted by Gasteiger charge is 2.28. The summed E-state index contributed by atoms with van der Waals surface area (Å²) >= 11 is 0. The highest BCUT2D eigenvalue weighted by Crippen LogP contribution is 2.26. The minimum Gasteiger partial charge on any atom is -0.466 e. The van der Waals surface area contributed by atoms with Crippen LogP contribution in [0.4, 0.5) is 0 Å². The van der Waals surface area contributed by atoms with E-state index in [9.17, 15) is 9.90 Å². The average Bonchev–Trinajstić information content (AvgIpc) is 2.76. The maximum Gasteiger partial charge on any atom is 0.308 e. The number of esters is 1. The first-order valence-corrected chi connectivity index (χ1v) is 7.14. The summed E-state index contributed by atoms with van der Waals surface area (Å²) in [6, 6.07) is 0. The van der Waals surface area contributed by atoms with Crippen molar-refractivity contribution in [1.29, 1.82) is 0 Å². The normalized spacial score (nSPS) is 25.1. The molecule has 0 saturated carbocycles. The Morgan fingerprint density at radius 3 is 2.78 bits per heavy atom. The maximum atomic E-state index is 11.5. The van der Waals surface area contributed by atoms with Crippen LogP contribution in [0.5, 0.6) is 0 Å². The first-order chi connectivity index (χ1) is 8.65. The second-order valence-electron chi connectivity index (χ2n) is 5.03. The Balaban J connectivity index is 2.15. The molecular formula is C14H26O4. The van der Waals surface area contributed by atoms with Crippen LogP contribution in [0.2, 0.25) is 0 Å². The molecule has 0 spiro atoms. The Hall–Kier alpha value is -0.610. The molecule has 4 nitrogen and oxygen atoms in total. The number of carbonyl (C=O) groups excluding carboxylic acids is 1. The summed E-state index contributed by atoms with van der Waals surface area (Å²) in [5.41, 5.74) is 0. The van der Waals surface area contributed by atoms with Gasteiger partial charge in [-0.2, -0.15) is 0 Å². The molecule has 0 amide bonds. The van der Waals surface area contributed by atoms with Crippen LogP contribution in [0.1, 0.15) is 58.8 Å². The van der Waals surface area contributed by atoms with Crippen molar-refractivity contribution in [3.8, 4) is 0 Å². The van der Waals surface area contributed by atoms with Crippen LogP contribution in [-0.4, -0.2) is 36.0 Å². The smallest absolute Gasteiger partial charge is 0.308 e. The second-order valence-corrected chi connectivity index (χ2v) is 5.03. The molecule has 1 rings (SSSR count). The molecule has 1 heterocycles. The van der Waals surface area contributed by atoms with Crippen molar-refractivity contribution < 1.29 is 19.4 Å². The van der Waals surface area contributed by atoms with E-state index in [0.717, 1.165) is 32.1 Å². The molecule has 1 N–H and O–H groups in total. The molecule has 18 heavy (non-hydrogen) atoms. The number of aliphatic hydroxyl groups excluding tert-OH is 1. The van der Waals surface area contributed by atoms with Gasteiger partial charge in [0.1, 0.15) is 0 Å². The zero-order valence-electron chi connectivity index (χ0n) is 11.6. The van der Waals surface area contributed by atoms with Gasteiger partial charge in [-0.3, -0.25) is 4.79 Å². The Morgan fingerprint density at radius 1 is 1.39 bits per heavy atom. The third-order valence-electron chi connectivity index (χ3n) is 3.36. The Labute approximate surface area is 110 Å². The van der Waals surface area contributed by atoms with E-state index in [1.165, 1.54) is 0 Å². The quantitative estimate of drug-likeness (QED) is 0.536. The van der Waals surface area contributed by atoms with E-state index < -0.39 is 0 Å². The van der Waals surface area contributed by atoms with Crippen molar-refractivity contribution in [2.45, 2.75) is 77.1 Å². The fourth-order valence-electron chi connectivity index (χ4n) is 2.15. The minimum absolute atomic E-state index is 0.0202. The minimum atomic E-state index is -0.287. The standard InChI is InChI=1S/C14H26O4/c1-3-5-8-17-14(16)10-13-7-6-12(18-13)9-11(15)4-2/h11-13,15H,3-10H2,1-2H3/t11-,12+,13-/m1/s1. The van der Waals surface area contributed by atoms with Crippen LogP contribution in [0, 0.1) is 0 Å².